The van der Waals surface area contributed by atoms with Gasteiger partial charge in [-0.1, -0.05) is 17.7 Å². The Morgan fingerprint density at radius 2 is 2.08 bits per heavy atom. The third-order valence-corrected chi connectivity index (χ3v) is 2.84. The molecule has 1 aromatic carbocycles. The van der Waals surface area contributed by atoms with E-state index in [0.29, 0.717) is 0 Å². The van der Waals surface area contributed by atoms with Crippen LogP contribution in [0.15, 0.2) is 23.1 Å². The molecule has 0 aliphatic heterocycles. The van der Waals surface area contributed by atoms with Crippen molar-refractivity contribution in [2.45, 2.75) is 18.7 Å². The standard InChI is InChI=1S/C10H14OS/c1-8-3-4-10(9(2)7-8)12-6-5-11/h3-4,7,11H,5-6H2,1-2H3. The third-order valence-electron chi connectivity index (χ3n) is 1.68. The van der Waals surface area contributed by atoms with Gasteiger partial charge in [0.15, 0.2) is 0 Å². The number of aryl methyl sites for hydroxylation is 2. The summed E-state index contributed by atoms with van der Waals surface area (Å²) in [5.41, 5.74) is 2.59. The minimum atomic E-state index is 0.248. The molecule has 0 radical (unpaired) electrons. The minimum absolute atomic E-state index is 0.248. The van der Waals surface area contributed by atoms with Gasteiger partial charge < -0.3 is 5.11 Å². The van der Waals surface area contributed by atoms with Crippen LogP contribution in [-0.4, -0.2) is 17.5 Å². The molecule has 0 aromatic heterocycles. The highest BCUT2D eigenvalue weighted by molar-refractivity contribution is 7.99. The molecule has 0 unspecified atom stereocenters. The summed E-state index contributed by atoms with van der Waals surface area (Å²) in [5.74, 6) is 0.782. The predicted molar refractivity (Wildman–Crippen MR) is 53.7 cm³/mol. The average Bonchev–Trinajstić information content (AvgIpc) is 2.03. The Kier molecular flexibility index (Phi) is 3.63. The first kappa shape index (κ1) is 9.62. The summed E-state index contributed by atoms with van der Waals surface area (Å²) in [6.45, 7) is 4.44. The summed E-state index contributed by atoms with van der Waals surface area (Å²) in [6.07, 6.45) is 0. The first-order valence-electron chi connectivity index (χ1n) is 4.05. The highest BCUT2D eigenvalue weighted by Gasteiger charge is 1.97. The highest BCUT2D eigenvalue weighted by atomic mass is 32.2. The molecule has 0 fully saturated rings. The Bertz CT molecular complexity index is 258. The lowest BCUT2D eigenvalue weighted by Crippen LogP contribution is -1.87. The zero-order chi connectivity index (χ0) is 8.97. The van der Waals surface area contributed by atoms with Crippen molar-refractivity contribution >= 4 is 11.8 Å². The van der Waals surface area contributed by atoms with Crippen molar-refractivity contribution in [3.8, 4) is 0 Å². The van der Waals surface area contributed by atoms with Gasteiger partial charge in [-0.2, -0.15) is 0 Å². The van der Waals surface area contributed by atoms with Crippen molar-refractivity contribution in [1.29, 1.82) is 0 Å². The van der Waals surface area contributed by atoms with E-state index in [1.807, 2.05) is 0 Å². The molecule has 0 amide bonds. The van der Waals surface area contributed by atoms with Crippen molar-refractivity contribution in [3.63, 3.8) is 0 Å². The second kappa shape index (κ2) is 4.53. The maximum atomic E-state index is 8.65. The number of benzene rings is 1. The summed E-state index contributed by atoms with van der Waals surface area (Å²) in [4.78, 5) is 1.27. The normalized spacial score (nSPS) is 10.2. The summed E-state index contributed by atoms with van der Waals surface area (Å²) >= 11 is 1.71. The van der Waals surface area contributed by atoms with Crippen molar-refractivity contribution in [1.82, 2.24) is 0 Å². The minimum Gasteiger partial charge on any atom is -0.396 e. The molecule has 1 N–H and O–H groups in total. The van der Waals surface area contributed by atoms with Crippen LogP contribution in [0.1, 0.15) is 11.1 Å². The molecule has 0 bridgehead atoms. The Morgan fingerprint density at radius 1 is 1.33 bits per heavy atom. The SMILES string of the molecule is Cc1ccc(SCCO)c(C)c1. The molecule has 0 aliphatic rings. The first-order chi connectivity index (χ1) is 5.74. The van der Waals surface area contributed by atoms with E-state index in [0.717, 1.165) is 5.75 Å². The number of hydrogen-bond donors (Lipinski definition) is 1. The van der Waals surface area contributed by atoms with Gasteiger partial charge in [-0.25, -0.2) is 0 Å². The lowest BCUT2D eigenvalue weighted by molar-refractivity contribution is 0.322. The van der Waals surface area contributed by atoms with Crippen LogP contribution in [0.2, 0.25) is 0 Å². The molecule has 0 saturated carbocycles. The Hall–Kier alpha value is -0.470. The van der Waals surface area contributed by atoms with E-state index < -0.39 is 0 Å². The van der Waals surface area contributed by atoms with Gasteiger partial charge in [0.2, 0.25) is 0 Å². The number of aliphatic hydroxyl groups is 1. The van der Waals surface area contributed by atoms with E-state index in [9.17, 15) is 0 Å². The number of hydrogen-bond acceptors (Lipinski definition) is 2. The van der Waals surface area contributed by atoms with Gasteiger partial charge in [0.1, 0.15) is 0 Å². The van der Waals surface area contributed by atoms with Crippen LogP contribution in [-0.2, 0) is 0 Å². The molecule has 0 heterocycles. The van der Waals surface area contributed by atoms with Crippen LogP contribution < -0.4 is 0 Å². The second-order valence-corrected chi connectivity index (χ2v) is 3.98. The maximum absolute atomic E-state index is 8.65. The Balaban J connectivity index is 2.72. The summed E-state index contributed by atoms with van der Waals surface area (Å²) in [7, 11) is 0. The first-order valence-corrected chi connectivity index (χ1v) is 5.03. The highest BCUT2D eigenvalue weighted by Crippen LogP contribution is 2.22. The van der Waals surface area contributed by atoms with Gasteiger partial charge in [-0.05, 0) is 25.5 Å². The number of rotatable bonds is 3. The maximum Gasteiger partial charge on any atom is 0.0525 e. The monoisotopic (exact) mass is 182 g/mol. The number of aliphatic hydroxyl groups excluding tert-OH is 1. The lowest BCUT2D eigenvalue weighted by atomic mass is 10.2. The van der Waals surface area contributed by atoms with Gasteiger partial charge >= 0.3 is 0 Å². The molecule has 66 valence electrons. The van der Waals surface area contributed by atoms with Crippen molar-refractivity contribution in [2.24, 2.45) is 0 Å². The van der Waals surface area contributed by atoms with Crippen molar-refractivity contribution < 1.29 is 5.11 Å². The van der Waals surface area contributed by atoms with Crippen molar-refractivity contribution in [2.75, 3.05) is 12.4 Å². The quantitative estimate of drug-likeness (QED) is 0.724. The van der Waals surface area contributed by atoms with E-state index in [1.165, 1.54) is 16.0 Å². The smallest absolute Gasteiger partial charge is 0.0525 e. The van der Waals surface area contributed by atoms with Gasteiger partial charge in [0.05, 0.1) is 6.61 Å². The average molecular weight is 182 g/mol. The molecule has 1 rings (SSSR count). The summed E-state index contributed by atoms with van der Waals surface area (Å²) in [5, 5.41) is 8.65. The van der Waals surface area contributed by atoms with E-state index in [1.54, 1.807) is 11.8 Å². The van der Waals surface area contributed by atoms with Crippen LogP contribution in [0, 0.1) is 13.8 Å². The Morgan fingerprint density at radius 3 is 2.67 bits per heavy atom. The lowest BCUT2D eigenvalue weighted by Gasteiger charge is -2.04. The topological polar surface area (TPSA) is 20.2 Å². The zero-order valence-electron chi connectivity index (χ0n) is 7.50. The van der Waals surface area contributed by atoms with Gasteiger partial charge in [0, 0.05) is 10.6 Å². The molecular weight excluding hydrogens is 168 g/mol. The Labute approximate surface area is 77.8 Å². The van der Waals surface area contributed by atoms with Gasteiger partial charge in [0.25, 0.3) is 0 Å². The fourth-order valence-corrected chi connectivity index (χ4v) is 1.88. The van der Waals surface area contributed by atoms with E-state index in [-0.39, 0.29) is 6.61 Å². The fourth-order valence-electron chi connectivity index (χ4n) is 1.12. The fraction of sp³-hybridized carbons (Fsp3) is 0.400. The van der Waals surface area contributed by atoms with Crippen LogP contribution in [0.4, 0.5) is 0 Å². The van der Waals surface area contributed by atoms with E-state index in [2.05, 4.69) is 32.0 Å². The molecule has 2 heteroatoms. The predicted octanol–water partition coefficient (Wildman–Crippen LogP) is 2.39. The molecule has 1 aromatic rings. The molecule has 0 aliphatic carbocycles. The largest absolute Gasteiger partial charge is 0.396 e. The van der Waals surface area contributed by atoms with Crippen LogP contribution in [0.25, 0.3) is 0 Å². The second-order valence-electron chi connectivity index (χ2n) is 2.84. The molecule has 12 heavy (non-hydrogen) atoms. The van der Waals surface area contributed by atoms with Gasteiger partial charge in [-0.3, -0.25) is 0 Å². The van der Waals surface area contributed by atoms with E-state index >= 15 is 0 Å². The summed E-state index contributed by atoms with van der Waals surface area (Å²) < 4.78 is 0. The molecule has 0 atom stereocenters. The van der Waals surface area contributed by atoms with Crippen LogP contribution in [0.3, 0.4) is 0 Å². The molecule has 1 nitrogen and oxygen atoms in total. The van der Waals surface area contributed by atoms with Crippen LogP contribution >= 0.6 is 11.8 Å². The molecule has 0 saturated heterocycles. The van der Waals surface area contributed by atoms with Crippen LogP contribution in [0.5, 0.6) is 0 Å². The molecule has 0 spiro atoms. The zero-order valence-corrected chi connectivity index (χ0v) is 8.32. The third kappa shape index (κ3) is 2.54. The molecular formula is C10H14OS. The number of thioether (sulfide) groups is 1. The van der Waals surface area contributed by atoms with Crippen molar-refractivity contribution in [3.05, 3.63) is 29.3 Å². The van der Waals surface area contributed by atoms with Gasteiger partial charge in [-0.15, -0.1) is 11.8 Å². The van der Waals surface area contributed by atoms with E-state index in [4.69, 9.17) is 5.11 Å². The summed E-state index contributed by atoms with van der Waals surface area (Å²) in [6, 6.07) is 6.39.